The van der Waals surface area contributed by atoms with Crippen LogP contribution < -0.4 is 10.7 Å². The van der Waals surface area contributed by atoms with Crippen molar-refractivity contribution in [1.82, 2.24) is 0 Å². The Morgan fingerprint density at radius 2 is 1.95 bits per heavy atom. The molecule has 0 unspecified atom stereocenters. The van der Waals surface area contributed by atoms with Crippen LogP contribution in [0.15, 0.2) is 0 Å². The van der Waals surface area contributed by atoms with E-state index in [0.29, 0.717) is 19.0 Å². The van der Waals surface area contributed by atoms with Crippen LogP contribution in [0.4, 0.5) is 0 Å². The first kappa shape index (κ1) is 12.4. The maximum atomic E-state index is 9.80. The first-order valence-electron chi connectivity index (χ1n) is 6.53. The average Bonchev–Trinajstić information content (AvgIpc) is 2.72. The zero-order chi connectivity index (χ0) is 13.9. The standard InChI is InChI=1S/C13H16N4O2/c1-3-4-10(2)11(7-14)9(16)17-13(12(10,11)8-15)18-5-6-19-13/h3-6H2,1-2H3,(H2,16,17)/p+1/t10-,11-,12+/m0/s1. The lowest BCUT2D eigenvalue weighted by atomic mass is 9.87. The average molecular weight is 261 g/mol. The number of nitrogens with two attached hydrogens (primary N) is 1. The van der Waals surface area contributed by atoms with Gasteiger partial charge in [-0.2, -0.15) is 10.5 Å². The van der Waals surface area contributed by atoms with Crippen LogP contribution in [-0.4, -0.2) is 25.0 Å². The minimum atomic E-state index is -1.26. The molecule has 3 rings (SSSR count). The van der Waals surface area contributed by atoms with Gasteiger partial charge in [-0.15, -0.1) is 0 Å². The molecule has 0 amide bonds. The highest BCUT2D eigenvalue weighted by molar-refractivity contribution is 5.94. The maximum Gasteiger partial charge on any atom is 0.343 e. The Kier molecular flexibility index (Phi) is 2.14. The second-order valence-corrected chi connectivity index (χ2v) is 5.66. The van der Waals surface area contributed by atoms with Crippen LogP contribution in [0.25, 0.3) is 0 Å². The zero-order valence-corrected chi connectivity index (χ0v) is 11.1. The molecule has 1 spiro atoms. The van der Waals surface area contributed by atoms with Crippen LogP contribution in [0.1, 0.15) is 26.7 Å². The molecular formula is C13H17N4O2+. The molecule has 0 bridgehead atoms. The first-order valence-corrected chi connectivity index (χ1v) is 6.53. The number of ether oxygens (including phenoxy) is 2. The van der Waals surface area contributed by atoms with E-state index in [1.54, 1.807) is 0 Å². The van der Waals surface area contributed by atoms with E-state index in [0.717, 1.165) is 12.8 Å². The summed E-state index contributed by atoms with van der Waals surface area (Å²) >= 11 is 0. The third-order valence-electron chi connectivity index (χ3n) is 5.13. The minimum absolute atomic E-state index is 0.300. The molecule has 100 valence electrons. The lowest BCUT2D eigenvalue weighted by Crippen LogP contribution is -2.90. The van der Waals surface area contributed by atoms with Crippen molar-refractivity contribution in [3.8, 4) is 12.1 Å². The van der Waals surface area contributed by atoms with Gasteiger partial charge >= 0.3 is 5.91 Å². The highest BCUT2D eigenvalue weighted by Gasteiger charge is 3.02. The third-order valence-corrected chi connectivity index (χ3v) is 5.13. The number of fused-ring (bicyclic) bond motifs is 2. The summed E-state index contributed by atoms with van der Waals surface area (Å²) in [4.78, 5) is 2.93. The summed E-state index contributed by atoms with van der Waals surface area (Å²) in [6, 6.07) is 4.58. The van der Waals surface area contributed by atoms with Crippen molar-refractivity contribution >= 4 is 5.84 Å². The molecule has 6 nitrogen and oxygen atoms in total. The van der Waals surface area contributed by atoms with Crippen molar-refractivity contribution in [3.63, 3.8) is 0 Å². The van der Waals surface area contributed by atoms with E-state index in [-0.39, 0.29) is 0 Å². The highest BCUT2D eigenvalue weighted by Crippen LogP contribution is 2.83. The van der Waals surface area contributed by atoms with Crippen molar-refractivity contribution in [3.05, 3.63) is 0 Å². The molecule has 3 N–H and O–H groups in total. The molecule has 19 heavy (non-hydrogen) atoms. The van der Waals surface area contributed by atoms with Crippen molar-refractivity contribution < 1.29 is 14.5 Å². The van der Waals surface area contributed by atoms with Gasteiger partial charge in [-0.25, -0.2) is 4.99 Å². The lowest BCUT2D eigenvalue weighted by molar-refractivity contribution is -0.678. The zero-order valence-electron chi connectivity index (χ0n) is 11.1. The Balaban J connectivity index is 2.23. The van der Waals surface area contributed by atoms with Crippen molar-refractivity contribution in [2.24, 2.45) is 22.0 Å². The number of hydrogen-bond acceptors (Lipinski definition) is 5. The van der Waals surface area contributed by atoms with Gasteiger partial charge in [0.05, 0.1) is 25.4 Å². The molecule has 1 saturated carbocycles. The Bertz CT molecular complexity index is 554. The summed E-state index contributed by atoms with van der Waals surface area (Å²) in [6.45, 7) is 4.76. The van der Waals surface area contributed by atoms with Gasteiger partial charge in [0, 0.05) is 5.41 Å². The van der Waals surface area contributed by atoms with E-state index in [1.807, 2.05) is 13.8 Å². The molecule has 1 aliphatic carbocycles. The van der Waals surface area contributed by atoms with E-state index in [2.05, 4.69) is 17.1 Å². The molecule has 2 aliphatic heterocycles. The Labute approximate surface area is 111 Å². The number of nitrogens with zero attached hydrogens (tertiary/aromatic N) is 2. The second kappa shape index (κ2) is 3.27. The van der Waals surface area contributed by atoms with E-state index >= 15 is 0 Å². The molecule has 0 aromatic carbocycles. The molecular weight excluding hydrogens is 244 g/mol. The van der Waals surface area contributed by atoms with Crippen molar-refractivity contribution in [2.45, 2.75) is 32.6 Å². The molecule has 6 heteroatoms. The van der Waals surface area contributed by atoms with Crippen LogP contribution in [-0.2, 0) is 9.47 Å². The van der Waals surface area contributed by atoms with Crippen LogP contribution >= 0.6 is 0 Å². The van der Waals surface area contributed by atoms with Gasteiger partial charge in [-0.3, -0.25) is 5.73 Å². The van der Waals surface area contributed by atoms with Gasteiger partial charge in [-0.1, -0.05) is 20.3 Å². The molecule has 3 atom stereocenters. The maximum absolute atomic E-state index is 9.80. The predicted molar refractivity (Wildman–Crippen MR) is 63.9 cm³/mol. The SMILES string of the molecule is CCC[C@@]1(C)[C@]2(C#N)C(N)=[NH+]C3(OCCO3)[C@]12C#N. The summed E-state index contributed by atoms with van der Waals surface area (Å²) in [5, 5.41) is 19.5. The van der Waals surface area contributed by atoms with Gasteiger partial charge in [-0.05, 0) is 6.42 Å². The second-order valence-electron chi connectivity index (χ2n) is 5.66. The topological polar surface area (TPSA) is 106 Å². The van der Waals surface area contributed by atoms with Crippen LogP contribution in [0.3, 0.4) is 0 Å². The highest BCUT2D eigenvalue weighted by atomic mass is 16.8. The molecule has 3 aliphatic rings. The fourth-order valence-electron chi connectivity index (χ4n) is 4.38. The van der Waals surface area contributed by atoms with Crippen molar-refractivity contribution in [2.75, 3.05) is 13.2 Å². The van der Waals surface area contributed by atoms with E-state index in [9.17, 15) is 10.5 Å². The smallest absolute Gasteiger partial charge is 0.311 e. The van der Waals surface area contributed by atoms with E-state index in [4.69, 9.17) is 15.2 Å². The van der Waals surface area contributed by atoms with Crippen LogP contribution in [0.2, 0.25) is 0 Å². The number of nitrogens with one attached hydrogen (secondary N) is 1. The van der Waals surface area contributed by atoms with Gasteiger partial charge in [0.2, 0.25) is 0 Å². The van der Waals surface area contributed by atoms with E-state index < -0.39 is 22.2 Å². The van der Waals surface area contributed by atoms with Gasteiger partial charge in [0.25, 0.3) is 5.84 Å². The fourth-order valence-corrected chi connectivity index (χ4v) is 4.38. The summed E-state index contributed by atoms with van der Waals surface area (Å²) in [5.74, 6) is -0.958. The number of rotatable bonds is 2. The number of nitriles is 2. The van der Waals surface area contributed by atoms with Gasteiger partial charge in [0.15, 0.2) is 10.8 Å². The molecule has 2 fully saturated rings. The quantitative estimate of drug-likeness (QED) is 0.661. The number of amidine groups is 1. The largest absolute Gasteiger partial charge is 0.343 e. The third kappa shape index (κ3) is 0.869. The summed E-state index contributed by atoms with van der Waals surface area (Å²) in [6.07, 6.45) is 1.59. The molecule has 0 radical (unpaired) electrons. The van der Waals surface area contributed by atoms with E-state index in [1.165, 1.54) is 0 Å². The van der Waals surface area contributed by atoms with Crippen LogP contribution in [0.5, 0.6) is 0 Å². The Hall–Kier alpha value is -1.63. The molecule has 1 saturated heterocycles. The Morgan fingerprint density at radius 1 is 1.32 bits per heavy atom. The minimum Gasteiger partial charge on any atom is -0.311 e. The molecule has 2 heterocycles. The first-order chi connectivity index (χ1) is 9.02. The summed E-state index contributed by atoms with van der Waals surface area (Å²) < 4.78 is 11.4. The monoisotopic (exact) mass is 261 g/mol. The molecule has 0 aromatic rings. The van der Waals surface area contributed by atoms with Gasteiger partial charge in [0.1, 0.15) is 0 Å². The molecule has 0 aromatic heterocycles. The predicted octanol–water partition coefficient (Wildman–Crippen LogP) is -1.02. The van der Waals surface area contributed by atoms with Gasteiger partial charge < -0.3 is 9.47 Å². The normalized spacial score (nSPS) is 45.4. The van der Waals surface area contributed by atoms with Crippen LogP contribution in [0, 0.1) is 38.9 Å². The van der Waals surface area contributed by atoms with Crippen molar-refractivity contribution in [1.29, 1.82) is 10.5 Å². The number of hydrogen-bond donors (Lipinski definition) is 2. The Morgan fingerprint density at radius 3 is 2.42 bits per heavy atom. The fraction of sp³-hybridized carbons (Fsp3) is 0.769. The summed E-state index contributed by atoms with van der Waals surface area (Å²) in [7, 11) is 0. The lowest BCUT2D eigenvalue weighted by Gasteiger charge is -2.26. The summed E-state index contributed by atoms with van der Waals surface area (Å²) in [5.41, 5.74) is 3.41.